The van der Waals surface area contributed by atoms with Crippen LogP contribution in [0.1, 0.15) is 12.8 Å². The largest absolute Gasteiger partial charge is 0.316 e. The van der Waals surface area contributed by atoms with E-state index in [9.17, 15) is 4.39 Å². The highest BCUT2D eigenvalue weighted by Crippen LogP contribution is 2.21. The summed E-state index contributed by atoms with van der Waals surface area (Å²) in [4.78, 5) is 0. The minimum absolute atomic E-state index is 0.224. The molecule has 0 heterocycles. The normalized spacial score (nSPS) is 30.2. The predicted octanol–water partition coefficient (Wildman–Crippen LogP) is 2.90. The predicted molar refractivity (Wildman–Crippen MR) is 54.4 cm³/mol. The highest BCUT2D eigenvalue weighted by atomic mass is 35.5. The molecule has 0 radical (unpaired) electrons. The Labute approximate surface area is 83.0 Å². The molecule has 0 aromatic carbocycles. The maximum atomic E-state index is 13.2. The first-order valence-corrected chi connectivity index (χ1v) is 4.68. The van der Waals surface area contributed by atoms with Gasteiger partial charge in [-0.1, -0.05) is 23.8 Å². The molecule has 13 heavy (non-hydrogen) atoms. The van der Waals surface area contributed by atoms with Gasteiger partial charge in [0.1, 0.15) is 5.83 Å². The summed E-state index contributed by atoms with van der Waals surface area (Å²) in [6.45, 7) is 0.678. The van der Waals surface area contributed by atoms with Crippen molar-refractivity contribution in [2.24, 2.45) is 0 Å². The molecule has 0 saturated carbocycles. The monoisotopic (exact) mass is 201 g/mol. The van der Waals surface area contributed by atoms with Crippen molar-refractivity contribution in [1.29, 1.82) is 0 Å². The molecule has 0 atom stereocenters. The molecule has 1 rings (SSSR count). The van der Waals surface area contributed by atoms with Crippen molar-refractivity contribution in [2.75, 3.05) is 13.6 Å². The van der Waals surface area contributed by atoms with Crippen molar-refractivity contribution in [2.45, 2.75) is 12.8 Å². The minimum Gasteiger partial charge on any atom is -0.316 e. The fraction of sp³-hybridized carbons (Fsp3) is 0.400. The quantitative estimate of drug-likeness (QED) is 0.725. The van der Waals surface area contributed by atoms with Crippen molar-refractivity contribution in [1.82, 2.24) is 5.32 Å². The zero-order valence-electron chi connectivity index (χ0n) is 7.61. The molecule has 0 aliphatic heterocycles. The summed E-state index contributed by atoms with van der Waals surface area (Å²) in [6, 6.07) is 0. The van der Waals surface area contributed by atoms with Crippen LogP contribution in [0.25, 0.3) is 0 Å². The van der Waals surface area contributed by atoms with Crippen molar-refractivity contribution in [3.8, 4) is 0 Å². The van der Waals surface area contributed by atoms with E-state index >= 15 is 0 Å². The lowest BCUT2D eigenvalue weighted by molar-refractivity contribution is 0.657. The van der Waals surface area contributed by atoms with E-state index in [1.165, 1.54) is 6.08 Å². The van der Waals surface area contributed by atoms with Crippen molar-refractivity contribution < 1.29 is 4.39 Å². The van der Waals surface area contributed by atoms with E-state index in [0.717, 1.165) is 18.4 Å². The molecule has 0 unspecified atom stereocenters. The van der Waals surface area contributed by atoms with Crippen LogP contribution in [-0.2, 0) is 0 Å². The first kappa shape index (κ1) is 10.5. The summed E-state index contributed by atoms with van der Waals surface area (Å²) in [5.74, 6) is -0.345. The number of hydrogen-bond donors (Lipinski definition) is 1. The first-order valence-electron chi connectivity index (χ1n) is 4.31. The van der Waals surface area contributed by atoms with Crippen LogP contribution in [0, 0.1) is 0 Å². The van der Waals surface area contributed by atoms with Gasteiger partial charge < -0.3 is 5.32 Å². The van der Waals surface area contributed by atoms with Gasteiger partial charge >= 0.3 is 0 Å². The van der Waals surface area contributed by atoms with Crippen LogP contribution < -0.4 is 5.32 Å². The van der Waals surface area contributed by atoms with Crippen LogP contribution >= 0.6 is 11.6 Å². The molecule has 0 spiro atoms. The average Bonchev–Trinajstić information content (AvgIpc) is 2.10. The first-order chi connectivity index (χ1) is 6.24. The number of nitrogens with one attached hydrogen (secondary N) is 1. The van der Waals surface area contributed by atoms with Crippen LogP contribution in [0.3, 0.4) is 0 Å². The molecule has 1 nitrogen and oxygen atoms in total. The Kier molecular flexibility index (Phi) is 4.19. The van der Waals surface area contributed by atoms with E-state index in [4.69, 9.17) is 11.6 Å². The van der Waals surface area contributed by atoms with Gasteiger partial charge in [0.2, 0.25) is 0 Å². The molecule has 0 bridgehead atoms. The zero-order valence-corrected chi connectivity index (χ0v) is 8.37. The van der Waals surface area contributed by atoms with E-state index in [0.29, 0.717) is 6.54 Å². The Bertz CT molecular complexity index is 266. The second kappa shape index (κ2) is 5.20. The molecule has 1 aliphatic carbocycles. The topological polar surface area (TPSA) is 12.0 Å². The molecular weight excluding hydrogens is 189 g/mol. The molecule has 0 aromatic heterocycles. The molecule has 1 N–H and O–H groups in total. The Hall–Kier alpha value is -0.600. The Morgan fingerprint density at radius 1 is 1.46 bits per heavy atom. The molecular formula is C10H13ClFN. The third kappa shape index (κ3) is 3.33. The van der Waals surface area contributed by atoms with Gasteiger partial charge in [-0.3, -0.25) is 0 Å². The van der Waals surface area contributed by atoms with Gasteiger partial charge in [0.25, 0.3) is 0 Å². The Morgan fingerprint density at radius 2 is 2.15 bits per heavy atom. The van der Waals surface area contributed by atoms with Gasteiger partial charge in [0, 0.05) is 6.54 Å². The molecule has 0 fully saturated rings. The summed E-state index contributed by atoms with van der Waals surface area (Å²) in [7, 11) is 1.84. The Balaban J connectivity index is 2.81. The number of likely N-dealkylation sites (N-methyl/N-ethyl adjacent to an activating group) is 1. The lowest BCUT2D eigenvalue weighted by Crippen LogP contribution is -2.09. The number of hydrogen-bond acceptors (Lipinski definition) is 1. The number of allylic oxidation sites excluding steroid dienone is 4. The van der Waals surface area contributed by atoms with E-state index in [2.05, 4.69) is 5.32 Å². The van der Waals surface area contributed by atoms with Crippen LogP contribution in [-0.4, -0.2) is 13.6 Å². The van der Waals surface area contributed by atoms with Crippen molar-refractivity contribution in [3.63, 3.8) is 0 Å². The van der Waals surface area contributed by atoms with Gasteiger partial charge in [-0.25, -0.2) is 4.39 Å². The summed E-state index contributed by atoms with van der Waals surface area (Å²) in [6.07, 6.45) is 6.93. The van der Waals surface area contributed by atoms with Crippen molar-refractivity contribution in [3.05, 3.63) is 34.7 Å². The smallest absolute Gasteiger partial charge is 0.141 e. The van der Waals surface area contributed by atoms with Crippen LogP contribution in [0.2, 0.25) is 0 Å². The summed E-state index contributed by atoms with van der Waals surface area (Å²) >= 11 is 5.68. The van der Waals surface area contributed by atoms with E-state index < -0.39 is 0 Å². The van der Waals surface area contributed by atoms with Gasteiger partial charge in [-0.15, -0.1) is 0 Å². The van der Waals surface area contributed by atoms with E-state index in [-0.39, 0.29) is 10.9 Å². The maximum Gasteiger partial charge on any atom is 0.141 e. The van der Waals surface area contributed by atoms with Gasteiger partial charge in [-0.05, 0) is 31.5 Å². The fourth-order valence-electron chi connectivity index (χ4n) is 1.19. The second-order valence-electron chi connectivity index (χ2n) is 2.93. The van der Waals surface area contributed by atoms with Crippen LogP contribution in [0.5, 0.6) is 0 Å². The third-order valence-electron chi connectivity index (χ3n) is 1.82. The number of rotatable bonds is 2. The summed E-state index contributed by atoms with van der Waals surface area (Å²) in [5, 5.41) is 3.20. The summed E-state index contributed by atoms with van der Waals surface area (Å²) < 4.78 is 13.2. The average molecular weight is 202 g/mol. The lowest BCUT2D eigenvalue weighted by atomic mass is 10.1. The molecule has 1 aliphatic rings. The second-order valence-corrected chi connectivity index (χ2v) is 3.34. The minimum atomic E-state index is -0.345. The molecule has 3 heteroatoms. The molecule has 0 saturated heterocycles. The fourth-order valence-corrected chi connectivity index (χ4v) is 1.36. The highest BCUT2D eigenvalue weighted by Gasteiger charge is 2.04. The molecule has 0 amide bonds. The van der Waals surface area contributed by atoms with Crippen LogP contribution in [0.15, 0.2) is 34.7 Å². The van der Waals surface area contributed by atoms with Crippen molar-refractivity contribution >= 4 is 11.6 Å². The van der Waals surface area contributed by atoms with Crippen LogP contribution in [0.4, 0.5) is 4.39 Å². The summed E-state index contributed by atoms with van der Waals surface area (Å²) in [5.41, 5.74) is 0.950. The van der Waals surface area contributed by atoms with E-state index in [1.807, 2.05) is 13.1 Å². The number of halogens is 2. The Morgan fingerprint density at radius 3 is 2.85 bits per heavy atom. The van der Waals surface area contributed by atoms with Gasteiger partial charge in [0.05, 0.1) is 5.03 Å². The lowest BCUT2D eigenvalue weighted by Gasteiger charge is -2.05. The third-order valence-corrected chi connectivity index (χ3v) is 2.15. The zero-order chi connectivity index (χ0) is 9.68. The van der Waals surface area contributed by atoms with Gasteiger partial charge in [-0.2, -0.15) is 0 Å². The molecule has 72 valence electrons. The van der Waals surface area contributed by atoms with E-state index in [1.54, 1.807) is 6.08 Å². The molecule has 0 aromatic rings. The van der Waals surface area contributed by atoms with Gasteiger partial charge in [0.15, 0.2) is 0 Å². The standard InChI is InChI=1S/C10H13ClFN/c1-13-7-8-4-2-3-5-9(11)10(12)6-8/h4-6,13H,2-3,7H2,1H3/b8-4+,9-5-,10-6+. The maximum absolute atomic E-state index is 13.2. The SMILES string of the molecule is CNCC1=C/CC/C=C(Cl)/C(F)=C\1. The highest BCUT2D eigenvalue weighted by molar-refractivity contribution is 6.31.